The minimum absolute atomic E-state index is 0.0683. The molecule has 2 rings (SSSR count). The first-order valence-corrected chi connectivity index (χ1v) is 5.60. The largest absolute Gasteiger partial charge is 0.494 e. The van der Waals surface area contributed by atoms with Crippen molar-refractivity contribution in [2.24, 2.45) is 0 Å². The van der Waals surface area contributed by atoms with E-state index in [9.17, 15) is 13.2 Å². The molecular formula is C11H9BrF3N2+. The third kappa shape index (κ3) is 2.36. The summed E-state index contributed by atoms with van der Waals surface area (Å²) < 4.78 is 40.2. The van der Waals surface area contributed by atoms with Gasteiger partial charge in [-0.25, -0.2) is 9.55 Å². The minimum atomic E-state index is -4.42. The number of halogens is 4. The first-order chi connectivity index (χ1) is 7.89. The molecule has 1 N–H and O–H groups in total. The van der Waals surface area contributed by atoms with E-state index in [0.29, 0.717) is 15.5 Å². The summed E-state index contributed by atoms with van der Waals surface area (Å²) in [7, 11) is 0. The van der Waals surface area contributed by atoms with Crippen molar-refractivity contribution in [1.29, 1.82) is 0 Å². The zero-order valence-electron chi connectivity index (χ0n) is 8.68. The van der Waals surface area contributed by atoms with Crippen LogP contribution in [0.5, 0.6) is 0 Å². The normalized spacial score (nSPS) is 12.0. The Morgan fingerprint density at radius 2 is 2.00 bits per heavy atom. The molecule has 0 fully saturated rings. The van der Waals surface area contributed by atoms with Crippen LogP contribution in [0.1, 0.15) is 5.82 Å². The first kappa shape index (κ1) is 12.2. The molecule has 0 atom stereocenters. The second-order valence-corrected chi connectivity index (χ2v) is 4.71. The summed E-state index contributed by atoms with van der Waals surface area (Å²) in [6.45, 7) is 3.64. The Labute approximate surface area is 104 Å². The van der Waals surface area contributed by atoms with Crippen LogP contribution in [-0.4, -0.2) is 4.98 Å². The first-order valence-electron chi connectivity index (χ1n) is 4.80. The van der Waals surface area contributed by atoms with E-state index in [1.54, 1.807) is 24.3 Å². The Balaban J connectivity index is 2.69. The summed E-state index contributed by atoms with van der Waals surface area (Å²) in [5.74, 6) is -0.778. The van der Waals surface area contributed by atoms with Gasteiger partial charge in [-0.1, -0.05) is 34.6 Å². The van der Waals surface area contributed by atoms with E-state index < -0.39 is 12.0 Å². The Morgan fingerprint density at radius 3 is 2.59 bits per heavy atom. The van der Waals surface area contributed by atoms with Crippen molar-refractivity contribution in [2.45, 2.75) is 12.7 Å². The number of fused-ring (bicyclic) bond motifs is 1. The van der Waals surface area contributed by atoms with Crippen LogP contribution in [0.15, 0.2) is 35.3 Å². The van der Waals surface area contributed by atoms with E-state index in [0.717, 1.165) is 4.57 Å². The Bertz CT molecular complexity index is 572. The number of imidazole rings is 1. The van der Waals surface area contributed by atoms with E-state index in [4.69, 9.17) is 0 Å². The third-order valence-corrected chi connectivity index (χ3v) is 2.57. The van der Waals surface area contributed by atoms with E-state index >= 15 is 0 Å². The van der Waals surface area contributed by atoms with Crippen LogP contribution in [0, 0.1) is 0 Å². The van der Waals surface area contributed by atoms with Gasteiger partial charge in [-0.05, 0) is 12.1 Å². The molecule has 0 unspecified atom stereocenters. The van der Waals surface area contributed by atoms with Crippen LogP contribution >= 0.6 is 15.9 Å². The lowest BCUT2D eigenvalue weighted by molar-refractivity contribution is -0.681. The number of nitrogens with one attached hydrogen (secondary N) is 1. The summed E-state index contributed by atoms with van der Waals surface area (Å²) in [4.78, 5) is 2.39. The number of para-hydroxylation sites is 2. The second kappa shape index (κ2) is 4.18. The maximum absolute atomic E-state index is 12.8. The maximum Gasteiger partial charge on any atom is 0.494 e. The standard InChI is InChI=1S/C11H8BrF3N2/c1-7(12)6-17-9-5-3-2-4-8(9)16-10(17)11(13,14)15/h2-5H,1,6H2/p+1. The monoisotopic (exact) mass is 305 g/mol. The molecule has 0 saturated heterocycles. The van der Waals surface area contributed by atoms with Gasteiger partial charge in [-0.2, -0.15) is 13.2 Å². The average Bonchev–Trinajstić information content (AvgIpc) is 2.56. The lowest BCUT2D eigenvalue weighted by atomic mass is 10.3. The quantitative estimate of drug-likeness (QED) is 0.821. The molecule has 1 aromatic heterocycles. The maximum atomic E-state index is 12.8. The molecule has 2 nitrogen and oxygen atoms in total. The summed E-state index contributed by atoms with van der Waals surface area (Å²) in [5, 5.41) is 0. The van der Waals surface area contributed by atoms with Gasteiger partial charge < -0.3 is 0 Å². The molecule has 0 aliphatic carbocycles. The molecule has 0 saturated carbocycles. The zero-order valence-corrected chi connectivity index (χ0v) is 10.3. The number of H-pyrrole nitrogens is 1. The smallest absolute Gasteiger partial charge is 0.233 e. The highest BCUT2D eigenvalue weighted by Gasteiger charge is 2.43. The van der Waals surface area contributed by atoms with Gasteiger partial charge in [0.1, 0.15) is 6.54 Å². The van der Waals surface area contributed by atoms with Crippen molar-refractivity contribution in [1.82, 2.24) is 4.98 Å². The van der Waals surface area contributed by atoms with Gasteiger partial charge in [0.15, 0.2) is 11.0 Å². The van der Waals surface area contributed by atoms with Gasteiger partial charge in [-0.15, -0.1) is 0 Å². The van der Waals surface area contributed by atoms with Crippen molar-refractivity contribution in [3.63, 3.8) is 0 Å². The zero-order chi connectivity index (χ0) is 12.6. The predicted molar refractivity (Wildman–Crippen MR) is 61.6 cm³/mol. The number of nitrogens with zero attached hydrogens (tertiary/aromatic N) is 1. The topological polar surface area (TPSA) is 19.7 Å². The summed E-state index contributed by atoms with van der Waals surface area (Å²) in [6, 6.07) is 6.63. The van der Waals surface area contributed by atoms with Crippen molar-refractivity contribution in [2.75, 3.05) is 0 Å². The SMILES string of the molecule is C=C(Br)C[n+]1c(C(F)(F)F)[nH]c2ccccc21. The fourth-order valence-corrected chi connectivity index (χ4v) is 1.94. The average molecular weight is 306 g/mol. The number of rotatable bonds is 2. The number of hydrogen-bond acceptors (Lipinski definition) is 0. The van der Waals surface area contributed by atoms with Crippen molar-refractivity contribution >= 4 is 27.0 Å². The molecule has 90 valence electrons. The minimum Gasteiger partial charge on any atom is -0.233 e. The molecule has 0 bridgehead atoms. The van der Waals surface area contributed by atoms with E-state index in [-0.39, 0.29) is 6.54 Å². The number of aromatic amines is 1. The third-order valence-electron chi connectivity index (χ3n) is 2.32. The number of allylic oxidation sites excluding steroid dienone is 1. The number of alkyl halides is 3. The number of hydrogen-bond donors (Lipinski definition) is 1. The van der Waals surface area contributed by atoms with Crippen LogP contribution in [0.4, 0.5) is 13.2 Å². The molecule has 0 amide bonds. The number of aromatic nitrogens is 2. The van der Waals surface area contributed by atoms with Crippen LogP contribution < -0.4 is 4.57 Å². The lowest BCUT2D eigenvalue weighted by Crippen LogP contribution is -2.40. The molecule has 6 heteroatoms. The fraction of sp³-hybridized carbons (Fsp3) is 0.182. The molecule has 0 radical (unpaired) electrons. The Morgan fingerprint density at radius 1 is 1.35 bits per heavy atom. The molecule has 0 spiro atoms. The van der Waals surface area contributed by atoms with Gasteiger partial charge >= 0.3 is 12.0 Å². The highest BCUT2D eigenvalue weighted by Crippen LogP contribution is 2.27. The van der Waals surface area contributed by atoms with E-state index in [1.807, 2.05) is 0 Å². The highest BCUT2D eigenvalue weighted by molar-refractivity contribution is 9.11. The summed E-state index contributed by atoms with van der Waals surface area (Å²) in [6.07, 6.45) is -4.42. The molecule has 1 aromatic carbocycles. The highest BCUT2D eigenvalue weighted by atomic mass is 79.9. The molecule has 2 aromatic rings. The molecule has 17 heavy (non-hydrogen) atoms. The van der Waals surface area contributed by atoms with Crippen LogP contribution in [0.2, 0.25) is 0 Å². The van der Waals surface area contributed by atoms with Gasteiger partial charge in [0, 0.05) is 4.48 Å². The van der Waals surface area contributed by atoms with Crippen molar-refractivity contribution in [3.05, 3.63) is 41.2 Å². The molecule has 1 heterocycles. The van der Waals surface area contributed by atoms with Gasteiger partial charge in [0.25, 0.3) is 0 Å². The summed E-state index contributed by atoms with van der Waals surface area (Å²) in [5.41, 5.74) is 0.953. The van der Waals surface area contributed by atoms with Crippen LogP contribution in [0.3, 0.4) is 0 Å². The van der Waals surface area contributed by atoms with Gasteiger partial charge in [-0.3, -0.25) is 0 Å². The van der Waals surface area contributed by atoms with Crippen LogP contribution in [0.25, 0.3) is 11.0 Å². The fourth-order valence-electron chi connectivity index (χ4n) is 1.69. The van der Waals surface area contributed by atoms with Crippen LogP contribution in [-0.2, 0) is 12.7 Å². The van der Waals surface area contributed by atoms with Gasteiger partial charge in [0.05, 0.1) is 0 Å². The second-order valence-electron chi connectivity index (χ2n) is 3.59. The van der Waals surface area contributed by atoms with Crippen molar-refractivity contribution < 1.29 is 17.7 Å². The lowest BCUT2D eigenvalue weighted by Gasteiger charge is -2.03. The van der Waals surface area contributed by atoms with E-state index in [1.165, 1.54) is 0 Å². The van der Waals surface area contributed by atoms with E-state index in [2.05, 4.69) is 27.5 Å². The Kier molecular flexibility index (Phi) is 2.99. The predicted octanol–water partition coefficient (Wildman–Crippen LogP) is 3.38. The Hall–Kier alpha value is -1.30. The van der Waals surface area contributed by atoms with Crippen molar-refractivity contribution in [3.8, 4) is 0 Å². The summed E-state index contributed by atoms with van der Waals surface area (Å²) >= 11 is 3.09. The molecule has 0 aliphatic rings. The van der Waals surface area contributed by atoms with Gasteiger partial charge in [0.2, 0.25) is 0 Å². The molecular weight excluding hydrogens is 297 g/mol. The number of benzene rings is 1. The molecule has 0 aliphatic heterocycles.